The Morgan fingerprint density at radius 3 is 2.43 bits per heavy atom. The Balaban J connectivity index is 1.05. The van der Waals surface area contributed by atoms with E-state index in [1.807, 2.05) is 12.1 Å². The standard InChI is InChI=1S/C27H33N5O2S/c33-25(20-35-27-30-29-26(34-27)22-9-5-2-6-10-22)28-23-11-13-24(14-12-23)32-17-15-31(16-18-32)19-21-7-3-1-4-8-21/h1,3-4,7-8,11-14,22H,2,5-6,9-10,15-20H2,(H,28,33). The zero-order valence-corrected chi connectivity index (χ0v) is 20.9. The van der Waals surface area contributed by atoms with Gasteiger partial charge in [-0.15, -0.1) is 10.2 Å². The monoisotopic (exact) mass is 491 g/mol. The molecule has 1 saturated heterocycles. The number of rotatable bonds is 8. The third-order valence-electron chi connectivity index (χ3n) is 6.84. The maximum Gasteiger partial charge on any atom is 0.277 e. The molecule has 184 valence electrons. The van der Waals surface area contributed by atoms with Crippen LogP contribution in [0.4, 0.5) is 11.4 Å². The lowest BCUT2D eigenvalue weighted by Gasteiger charge is -2.36. The molecule has 2 aromatic carbocycles. The first-order valence-electron chi connectivity index (χ1n) is 12.6. The van der Waals surface area contributed by atoms with Crippen molar-refractivity contribution in [2.75, 3.05) is 42.1 Å². The molecule has 1 amide bonds. The summed E-state index contributed by atoms with van der Waals surface area (Å²) in [6, 6.07) is 18.8. The Bertz CT molecular complexity index is 1070. The van der Waals surface area contributed by atoms with Crippen molar-refractivity contribution in [3.05, 3.63) is 66.1 Å². The Kier molecular flexibility index (Phi) is 8.00. The van der Waals surface area contributed by atoms with Gasteiger partial charge in [0.2, 0.25) is 11.8 Å². The van der Waals surface area contributed by atoms with E-state index in [0.29, 0.717) is 11.1 Å². The predicted molar refractivity (Wildman–Crippen MR) is 140 cm³/mol. The number of anilines is 2. The molecule has 35 heavy (non-hydrogen) atoms. The maximum atomic E-state index is 12.4. The molecule has 0 spiro atoms. The first-order chi connectivity index (χ1) is 17.2. The summed E-state index contributed by atoms with van der Waals surface area (Å²) >= 11 is 1.29. The smallest absolute Gasteiger partial charge is 0.277 e. The molecule has 1 saturated carbocycles. The molecule has 0 unspecified atom stereocenters. The third kappa shape index (κ3) is 6.64. The second kappa shape index (κ2) is 11.7. The molecule has 7 nitrogen and oxygen atoms in total. The third-order valence-corrected chi connectivity index (χ3v) is 7.66. The summed E-state index contributed by atoms with van der Waals surface area (Å²) in [5.74, 6) is 1.28. The zero-order chi connectivity index (χ0) is 23.9. The van der Waals surface area contributed by atoms with E-state index in [1.165, 1.54) is 42.3 Å². The van der Waals surface area contributed by atoms with E-state index in [1.54, 1.807) is 0 Å². The maximum absolute atomic E-state index is 12.4. The minimum absolute atomic E-state index is 0.0744. The van der Waals surface area contributed by atoms with E-state index in [4.69, 9.17) is 4.42 Å². The Morgan fingerprint density at radius 2 is 1.69 bits per heavy atom. The molecule has 2 aliphatic rings. The molecular weight excluding hydrogens is 458 g/mol. The molecule has 2 heterocycles. The normalized spacial score (nSPS) is 17.4. The van der Waals surface area contributed by atoms with Gasteiger partial charge in [-0.25, -0.2) is 0 Å². The number of hydrogen-bond donors (Lipinski definition) is 1. The fourth-order valence-corrected chi connectivity index (χ4v) is 5.45. The summed E-state index contributed by atoms with van der Waals surface area (Å²) in [4.78, 5) is 17.3. The molecule has 0 radical (unpaired) electrons. The average molecular weight is 492 g/mol. The van der Waals surface area contributed by atoms with Crippen LogP contribution < -0.4 is 10.2 Å². The summed E-state index contributed by atoms with van der Waals surface area (Å²) < 4.78 is 5.80. The number of amides is 1. The first kappa shape index (κ1) is 23.9. The molecule has 8 heteroatoms. The number of carbonyl (C=O) groups is 1. The molecule has 1 aliphatic heterocycles. The number of benzene rings is 2. The fraction of sp³-hybridized carbons (Fsp3) is 0.444. The zero-order valence-electron chi connectivity index (χ0n) is 20.1. The second-order valence-electron chi connectivity index (χ2n) is 9.37. The summed E-state index contributed by atoms with van der Waals surface area (Å²) in [5, 5.41) is 11.8. The van der Waals surface area contributed by atoms with Crippen molar-refractivity contribution in [1.82, 2.24) is 15.1 Å². The highest BCUT2D eigenvalue weighted by molar-refractivity contribution is 7.99. The van der Waals surface area contributed by atoms with Gasteiger partial charge in [-0.1, -0.05) is 61.4 Å². The van der Waals surface area contributed by atoms with E-state index in [-0.39, 0.29) is 11.7 Å². The minimum Gasteiger partial charge on any atom is -0.416 e. The molecule has 5 rings (SSSR count). The highest BCUT2D eigenvalue weighted by Gasteiger charge is 2.22. The second-order valence-corrected chi connectivity index (χ2v) is 10.3. The molecule has 1 aliphatic carbocycles. The summed E-state index contributed by atoms with van der Waals surface area (Å²) in [5.41, 5.74) is 3.36. The minimum atomic E-state index is -0.0744. The SMILES string of the molecule is O=C(CSc1nnc(C2CCCCC2)o1)Nc1ccc(N2CCN(Cc3ccccc3)CC2)cc1. The van der Waals surface area contributed by atoms with Crippen molar-refractivity contribution < 1.29 is 9.21 Å². The van der Waals surface area contributed by atoms with Gasteiger partial charge in [-0.2, -0.15) is 0 Å². The van der Waals surface area contributed by atoms with E-state index >= 15 is 0 Å². The molecular formula is C27H33N5O2S. The van der Waals surface area contributed by atoms with Crippen LogP contribution in [0.5, 0.6) is 0 Å². The van der Waals surface area contributed by atoms with Crippen LogP contribution in [-0.4, -0.2) is 52.9 Å². The van der Waals surface area contributed by atoms with Crippen LogP contribution in [0.2, 0.25) is 0 Å². The number of piperazine rings is 1. The quantitative estimate of drug-likeness (QED) is 0.436. The number of hydrogen-bond acceptors (Lipinski definition) is 7. The van der Waals surface area contributed by atoms with Gasteiger partial charge in [-0.3, -0.25) is 9.69 Å². The van der Waals surface area contributed by atoms with E-state index in [9.17, 15) is 4.79 Å². The van der Waals surface area contributed by atoms with Gasteiger partial charge in [0.05, 0.1) is 5.75 Å². The van der Waals surface area contributed by atoms with Crippen molar-refractivity contribution in [2.45, 2.75) is 49.8 Å². The number of nitrogens with zero attached hydrogens (tertiary/aromatic N) is 4. The largest absolute Gasteiger partial charge is 0.416 e. The Hall–Kier alpha value is -2.84. The molecule has 0 atom stereocenters. The number of thioether (sulfide) groups is 1. The van der Waals surface area contributed by atoms with Gasteiger partial charge in [-0.05, 0) is 42.7 Å². The van der Waals surface area contributed by atoms with Crippen LogP contribution in [-0.2, 0) is 11.3 Å². The molecule has 0 bridgehead atoms. The summed E-state index contributed by atoms with van der Waals surface area (Å²) in [6.45, 7) is 5.10. The Labute approximate surface area is 211 Å². The van der Waals surface area contributed by atoms with Crippen LogP contribution in [0.3, 0.4) is 0 Å². The van der Waals surface area contributed by atoms with Crippen LogP contribution in [0.15, 0.2) is 64.2 Å². The molecule has 3 aromatic rings. The van der Waals surface area contributed by atoms with Crippen molar-refractivity contribution in [2.24, 2.45) is 0 Å². The van der Waals surface area contributed by atoms with Crippen molar-refractivity contribution >= 4 is 29.0 Å². The Morgan fingerprint density at radius 1 is 0.943 bits per heavy atom. The fourth-order valence-electron chi connectivity index (χ4n) is 4.88. The van der Waals surface area contributed by atoms with Gasteiger partial charge in [0.25, 0.3) is 5.22 Å². The van der Waals surface area contributed by atoms with E-state index < -0.39 is 0 Å². The highest BCUT2D eigenvalue weighted by atomic mass is 32.2. The first-order valence-corrected chi connectivity index (χ1v) is 13.6. The van der Waals surface area contributed by atoms with Crippen LogP contribution in [0, 0.1) is 0 Å². The molecule has 2 fully saturated rings. The van der Waals surface area contributed by atoms with Crippen molar-refractivity contribution in [1.29, 1.82) is 0 Å². The molecule has 1 aromatic heterocycles. The molecule has 1 N–H and O–H groups in total. The van der Waals surface area contributed by atoms with Crippen LogP contribution in [0.25, 0.3) is 0 Å². The lowest BCUT2D eigenvalue weighted by atomic mass is 9.89. The summed E-state index contributed by atoms with van der Waals surface area (Å²) in [7, 11) is 0. The van der Waals surface area contributed by atoms with Crippen molar-refractivity contribution in [3.63, 3.8) is 0 Å². The highest BCUT2D eigenvalue weighted by Crippen LogP contribution is 2.33. The van der Waals surface area contributed by atoms with Gasteiger partial charge >= 0.3 is 0 Å². The van der Waals surface area contributed by atoms with E-state index in [2.05, 4.69) is 67.8 Å². The van der Waals surface area contributed by atoms with Crippen molar-refractivity contribution in [3.8, 4) is 0 Å². The lowest BCUT2D eigenvalue weighted by Crippen LogP contribution is -2.45. The number of carbonyl (C=O) groups excluding carboxylic acids is 1. The number of aromatic nitrogens is 2. The van der Waals surface area contributed by atoms with E-state index in [0.717, 1.165) is 57.1 Å². The van der Waals surface area contributed by atoms with Gasteiger partial charge in [0.1, 0.15) is 0 Å². The van der Waals surface area contributed by atoms with Crippen LogP contribution in [0.1, 0.15) is 49.5 Å². The topological polar surface area (TPSA) is 74.5 Å². The van der Waals surface area contributed by atoms with Gasteiger partial charge in [0, 0.05) is 50.0 Å². The van der Waals surface area contributed by atoms with Crippen LogP contribution >= 0.6 is 11.8 Å². The number of nitrogens with one attached hydrogen (secondary N) is 1. The van der Waals surface area contributed by atoms with Gasteiger partial charge < -0.3 is 14.6 Å². The summed E-state index contributed by atoms with van der Waals surface area (Å²) in [6.07, 6.45) is 5.97. The average Bonchev–Trinajstić information content (AvgIpc) is 3.39. The predicted octanol–water partition coefficient (Wildman–Crippen LogP) is 5.17. The van der Waals surface area contributed by atoms with Gasteiger partial charge in [0.15, 0.2) is 0 Å². The lowest BCUT2D eigenvalue weighted by molar-refractivity contribution is -0.113.